The van der Waals surface area contributed by atoms with Gasteiger partial charge in [-0.3, -0.25) is 14.4 Å². The van der Waals surface area contributed by atoms with Gasteiger partial charge in [0, 0.05) is 41.7 Å². The minimum Gasteiger partial charge on any atom is -0.356 e. The van der Waals surface area contributed by atoms with Gasteiger partial charge in [-0.05, 0) is 41.5 Å². The molecule has 0 saturated heterocycles. The SMILES string of the molecule is CCc1cc(C(C)(C)C)cc(CC(=O)c2cccc(C(C)=O)c2)c1SCCNC(C)=O. The predicted molar refractivity (Wildman–Crippen MR) is 128 cm³/mol. The van der Waals surface area contributed by atoms with E-state index in [1.165, 1.54) is 25.0 Å². The summed E-state index contributed by atoms with van der Waals surface area (Å²) in [4.78, 5) is 37.2. The number of rotatable bonds is 9. The van der Waals surface area contributed by atoms with Gasteiger partial charge in [-0.15, -0.1) is 11.8 Å². The minimum atomic E-state index is -0.0492. The lowest BCUT2D eigenvalue weighted by atomic mass is 9.84. The van der Waals surface area contributed by atoms with E-state index in [0.29, 0.717) is 17.7 Å². The largest absolute Gasteiger partial charge is 0.356 e. The van der Waals surface area contributed by atoms with E-state index >= 15 is 0 Å². The maximum Gasteiger partial charge on any atom is 0.216 e. The highest BCUT2D eigenvalue weighted by molar-refractivity contribution is 7.99. The summed E-state index contributed by atoms with van der Waals surface area (Å²) in [5.74, 6) is 0.648. The van der Waals surface area contributed by atoms with Crippen molar-refractivity contribution in [3.8, 4) is 0 Å². The number of carbonyl (C=O) groups excluding carboxylic acids is 3. The second kappa shape index (κ2) is 10.8. The second-order valence-corrected chi connectivity index (χ2v) is 9.90. The zero-order valence-electron chi connectivity index (χ0n) is 19.4. The number of carbonyl (C=O) groups is 3. The third kappa shape index (κ3) is 7.06. The molecule has 1 N–H and O–H groups in total. The summed E-state index contributed by atoms with van der Waals surface area (Å²) in [6, 6.07) is 11.3. The summed E-state index contributed by atoms with van der Waals surface area (Å²) < 4.78 is 0. The number of ketones is 2. The monoisotopic (exact) mass is 439 g/mol. The molecule has 0 bridgehead atoms. The molecular formula is C26H33NO3S. The molecule has 166 valence electrons. The quantitative estimate of drug-likeness (QED) is 0.323. The summed E-state index contributed by atoms with van der Waals surface area (Å²) >= 11 is 1.68. The molecule has 0 aliphatic heterocycles. The molecule has 0 aromatic heterocycles. The Bertz CT molecular complexity index is 973. The van der Waals surface area contributed by atoms with Crippen LogP contribution in [-0.2, 0) is 23.1 Å². The number of Topliss-reactive ketones (excluding diaryl/α,β-unsaturated/α-hetero) is 2. The number of hydrogen-bond donors (Lipinski definition) is 1. The molecule has 2 rings (SSSR count). The van der Waals surface area contributed by atoms with Gasteiger partial charge in [-0.1, -0.05) is 58.0 Å². The fourth-order valence-electron chi connectivity index (χ4n) is 3.33. The molecular weight excluding hydrogens is 406 g/mol. The molecule has 0 aliphatic carbocycles. The van der Waals surface area contributed by atoms with E-state index in [4.69, 9.17) is 0 Å². The number of thioether (sulfide) groups is 1. The molecule has 5 heteroatoms. The highest BCUT2D eigenvalue weighted by Crippen LogP contribution is 2.34. The number of hydrogen-bond acceptors (Lipinski definition) is 4. The van der Waals surface area contributed by atoms with E-state index in [-0.39, 0.29) is 29.3 Å². The van der Waals surface area contributed by atoms with Crippen LogP contribution in [0.5, 0.6) is 0 Å². The molecule has 0 fully saturated rings. The van der Waals surface area contributed by atoms with Crippen LogP contribution < -0.4 is 5.32 Å². The summed E-state index contributed by atoms with van der Waals surface area (Å²) in [5, 5.41) is 2.83. The Kier molecular flexibility index (Phi) is 8.63. The van der Waals surface area contributed by atoms with Crippen molar-refractivity contribution in [2.24, 2.45) is 0 Å². The van der Waals surface area contributed by atoms with Crippen molar-refractivity contribution in [1.82, 2.24) is 5.32 Å². The lowest BCUT2D eigenvalue weighted by molar-refractivity contribution is -0.118. The topological polar surface area (TPSA) is 63.2 Å². The number of benzene rings is 2. The van der Waals surface area contributed by atoms with E-state index in [9.17, 15) is 14.4 Å². The third-order valence-electron chi connectivity index (χ3n) is 5.15. The van der Waals surface area contributed by atoms with Crippen molar-refractivity contribution in [2.75, 3.05) is 12.3 Å². The van der Waals surface area contributed by atoms with Gasteiger partial charge < -0.3 is 5.32 Å². The zero-order chi connectivity index (χ0) is 23.2. The van der Waals surface area contributed by atoms with E-state index in [2.05, 4.69) is 45.1 Å². The Morgan fingerprint density at radius 2 is 1.61 bits per heavy atom. The molecule has 0 spiro atoms. The van der Waals surface area contributed by atoms with Crippen molar-refractivity contribution >= 4 is 29.2 Å². The van der Waals surface area contributed by atoms with Crippen molar-refractivity contribution in [3.63, 3.8) is 0 Å². The highest BCUT2D eigenvalue weighted by atomic mass is 32.2. The van der Waals surface area contributed by atoms with Gasteiger partial charge >= 0.3 is 0 Å². The number of amides is 1. The summed E-state index contributed by atoms with van der Waals surface area (Å²) in [6.45, 7) is 12.3. The van der Waals surface area contributed by atoms with Gasteiger partial charge in [-0.2, -0.15) is 0 Å². The first-order valence-corrected chi connectivity index (χ1v) is 11.7. The van der Waals surface area contributed by atoms with Crippen LogP contribution in [0.2, 0.25) is 0 Å². The van der Waals surface area contributed by atoms with Crippen LogP contribution >= 0.6 is 11.8 Å². The molecule has 0 heterocycles. The van der Waals surface area contributed by atoms with Gasteiger partial charge in [0.1, 0.15) is 0 Å². The Morgan fingerprint density at radius 1 is 0.968 bits per heavy atom. The van der Waals surface area contributed by atoms with Crippen LogP contribution in [0.3, 0.4) is 0 Å². The fourth-order valence-corrected chi connectivity index (χ4v) is 4.45. The van der Waals surface area contributed by atoms with Gasteiger partial charge in [0.2, 0.25) is 5.91 Å². The lowest BCUT2D eigenvalue weighted by Crippen LogP contribution is -2.22. The van der Waals surface area contributed by atoms with Gasteiger partial charge in [0.15, 0.2) is 11.6 Å². The first kappa shape index (κ1) is 24.9. The number of aryl methyl sites for hydroxylation is 1. The van der Waals surface area contributed by atoms with Crippen molar-refractivity contribution in [3.05, 3.63) is 64.2 Å². The maximum atomic E-state index is 13.1. The van der Waals surface area contributed by atoms with Crippen molar-refractivity contribution < 1.29 is 14.4 Å². The molecule has 0 unspecified atom stereocenters. The summed E-state index contributed by atoms with van der Waals surface area (Å²) in [7, 11) is 0. The molecule has 0 atom stereocenters. The highest BCUT2D eigenvalue weighted by Gasteiger charge is 2.20. The van der Waals surface area contributed by atoms with Crippen LogP contribution in [-0.4, -0.2) is 29.8 Å². The van der Waals surface area contributed by atoms with Gasteiger partial charge in [0.05, 0.1) is 0 Å². The Hall–Kier alpha value is -2.40. The molecule has 2 aromatic carbocycles. The maximum absolute atomic E-state index is 13.1. The average molecular weight is 440 g/mol. The van der Waals surface area contributed by atoms with Crippen LogP contribution in [0.1, 0.15) is 78.9 Å². The molecule has 1 amide bonds. The fraction of sp³-hybridized carbons (Fsp3) is 0.423. The summed E-state index contributed by atoms with van der Waals surface area (Å²) in [5.41, 5.74) is 4.51. The molecule has 0 radical (unpaired) electrons. The first-order valence-electron chi connectivity index (χ1n) is 10.7. The smallest absolute Gasteiger partial charge is 0.216 e. The molecule has 31 heavy (non-hydrogen) atoms. The van der Waals surface area contributed by atoms with Crippen LogP contribution in [0.4, 0.5) is 0 Å². The Labute approximate surface area is 190 Å². The van der Waals surface area contributed by atoms with E-state index in [0.717, 1.165) is 22.6 Å². The molecule has 0 saturated carbocycles. The van der Waals surface area contributed by atoms with Crippen LogP contribution in [0.25, 0.3) is 0 Å². The normalized spacial score (nSPS) is 11.3. The van der Waals surface area contributed by atoms with E-state index in [1.54, 1.807) is 36.0 Å². The Balaban J connectivity index is 2.41. The van der Waals surface area contributed by atoms with Gasteiger partial charge in [0.25, 0.3) is 0 Å². The predicted octanol–water partition coefficient (Wildman–Crippen LogP) is 5.40. The molecule has 4 nitrogen and oxygen atoms in total. The van der Waals surface area contributed by atoms with Crippen molar-refractivity contribution in [2.45, 2.75) is 64.7 Å². The van der Waals surface area contributed by atoms with E-state index in [1.807, 2.05) is 0 Å². The first-order chi connectivity index (χ1) is 14.5. The Morgan fingerprint density at radius 3 is 2.19 bits per heavy atom. The molecule has 0 aliphatic rings. The lowest BCUT2D eigenvalue weighted by Gasteiger charge is -2.24. The zero-order valence-corrected chi connectivity index (χ0v) is 20.2. The van der Waals surface area contributed by atoms with Crippen molar-refractivity contribution in [1.29, 1.82) is 0 Å². The average Bonchev–Trinajstić information content (AvgIpc) is 2.70. The third-order valence-corrected chi connectivity index (χ3v) is 6.38. The minimum absolute atomic E-state index is 0.0000711. The standard InChI is InChI=1S/C26H33NO3S/c1-7-19-14-23(26(4,5)6)15-22(25(19)31-12-11-27-18(3)29)16-24(30)21-10-8-9-20(13-21)17(2)28/h8-10,13-15H,7,11-12,16H2,1-6H3,(H,27,29). The molecule has 2 aromatic rings. The van der Waals surface area contributed by atoms with E-state index < -0.39 is 0 Å². The second-order valence-electron chi connectivity index (χ2n) is 8.80. The number of nitrogens with one attached hydrogen (secondary N) is 1. The van der Waals surface area contributed by atoms with Crippen LogP contribution in [0.15, 0.2) is 41.3 Å². The van der Waals surface area contributed by atoms with Gasteiger partial charge in [-0.25, -0.2) is 0 Å². The van der Waals surface area contributed by atoms with Crippen LogP contribution in [0, 0.1) is 0 Å². The summed E-state index contributed by atoms with van der Waals surface area (Å²) in [6.07, 6.45) is 1.15.